The molecule has 1 saturated heterocycles. The number of halogens is 1. The molecule has 6 nitrogen and oxygen atoms in total. The van der Waals surface area contributed by atoms with E-state index < -0.39 is 6.17 Å². The number of hydrogen-bond acceptors (Lipinski definition) is 6. The number of likely N-dealkylation sites (N-methyl/N-ethyl adjacent to an activating group) is 1. The van der Waals surface area contributed by atoms with E-state index >= 15 is 0 Å². The molecule has 180 valence electrons. The fourth-order valence-electron chi connectivity index (χ4n) is 4.87. The van der Waals surface area contributed by atoms with E-state index in [0.717, 1.165) is 55.1 Å². The molecular weight excluding hydrogens is 449 g/mol. The molecule has 0 spiro atoms. The van der Waals surface area contributed by atoms with Gasteiger partial charge in [-0.05, 0) is 73.0 Å². The van der Waals surface area contributed by atoms with Gasteiger partial charge in [-0.15, -0.1) is 0 Å². The fourth-order valence-corrected chi connectivity index (χ4v) is 5.55. The molecule has 8 heteroatoms. The van der Waals surface area contributed by atoms with Crippen LogP contribution in [-0.4, -0.2) is 70.8 Å². The van der Waals surface area contributed by atoms with Gasteiger partial charge < -0.3 is 19.5 Å². The van der Waals surface area contributed by atoms with Crippen LogP contribution in [-0.2, 0) is 6.54 Å². The van der Waals surface area contributed by atoms with E-state index in [2.05, 4.69) is 62.1 Å². The smallest absolute Gasteiger partial charge is 0.171 e. The van der Waals surface area contributed by atoms with Crippen molar-refractivity contribution in [1.29, 1.82) is 0 Å². The Morgan fingerprint density at radius 2 is 2.06 bits per heavy atom. The fraction of sp³-hybridized carbons (Fsp3) is 0.462. The first-order valence-electron chi connectivity index (χ1n) is 12.1. The molecule has 0 radical (unpaired) electrons. The first-order valence-corrected chi connectivity index (χ1v) is 12.9. The second kappa shape index (κ2) is 10.9. The highest BCUT2D eigenvalue weighted by molar-refractivity contribution is 7.99. The summed E-state index contributed by atoms with van der Waals surface area (Å²) in [5.41, 5.74) is 3.89. The van der Waals surface area contributed by atoms with Crippen molar-refractivity contribution in [3.63, 3.8) is 0 Å². The van der Waals surface area contributed by atoms with Gasteiger partial charge in [0.2, 0.25) is 0 Å². The Balaban J connectivity index is 1.20. The van der Waals surface area contributed by atoms with Crippen molar-refractivity contribution in [2.45, 2.75) is 48.1 Å². The van der Waals surface area contributed by atoms with Crippen molar-refractivity contribution in [3.8, 4) is 5.75 Å². The van der Waals surface area contributed by atoms with Crippen LogP contribution in [0.5, 0.6) is 5.75 Å². The van der Waals surface area contributed by atoms with Crippen molar-refractivity contribution in [3.05, 3.63) is 65.6 Å². The standard InChI is InChI=1S/C26H32FN5OS/c1-31-17-20-15-22(33-14-2-11-32-12-7-21(27)8-13-32)4-5-23(20)24(18-31)19-3-6-25(30-16-19)34-26-28-9-10-29-26/h3-6,9-10,15-16,21,24H,2,7-8,11-14,17-18H2,1H3,(H,28,29). The van der Waals surface area contributed by atoms with E-state index in [9.17, 15) is 4.39 Å². The molecule has 2 aliphatic heterocycles. The van der Waals surface area contributed by atoms with E-state index in [4.69, 9.17) is 4.74 Å². The van der Waals surface area contributed by atoms with Crippen molar-refractivity contribution < 1.29 is 9.13 Å². The highest BCUT2D eigenvalue weighted by Gasteiger charge is 2.25. The molecule has 0 bridgehead atoms. The summed E-state index contributed by atoms with van der Waals surface area (Å²) in [6, 6.07) is 10.8. The SMILES string of the molecule is CN1Cc2cc(OCCCN3CCC(F)CC3)ccc2C(c2ccc(Sc3ncc[nH]3)nc2)C1. The van der Waals surface area contributed by atoms with E-state index in [1.807, 2.05) is 12.4 Å². The Morgan fingerprint density at radius 1 is 1.18 bits per heavy atom. The third kappa shape index (κ3) is 5.79. The Morgan fingerprint density at radius 3 is 2.82 bits per heavy atom. The first kappa shape index (κ1) is 23.3. The molecule has 3 aromatic rings. The maximum absolute atomic E-state index is 13.3. The van der Waals surface area contributed by atoms with Crippen LogP contribution in [0.1, 0.15) is 41.9 Å². The number of H-pyrrole nitrogens is 1. The third-order valence-corrected chi connectivity index (χ3v) is 7.53. The zero-order chi connectivity index (χ0) is 23.3. The van der Waals surface area contributed by atoms with Crippen LogP contribution in [0.15, 0.2) is 59.1 Å². The molecule has 1 fully saturated rings. The van der Waals surface area contributed by atoms with Gasteiger partial charge in [-0.3, -0.25) is 0 Å². The summed E-state index contributed by atoms with van der Waals surface area (Å²) in [7, 11) is 2.17. The molecule has 2 aliphatic rings. The summed E-state index contributed by atoms with van der Waals surface area (Å²) in [6.07, 6.45) is 7.25. The van der Waals surface area contributed by atoms with Gasteiger partial charge in [-0.2, -0.15) is 0 Å². The highest BCUT2D eigenvalue weighted by Crippen LogP contribution is 2.35. The number of nitrogens with zero attached hydrogens (tertiary/aromatic N) is 4. The first-order chi connectivity index (χ1) is 16.6. The number of aromatic nitrogens is 3. The molecule has 5 rings (SSSR count). The lowest BCUT2D eigenvalue weighted by Crippen LogP contribution is -2.35. The number of benzene rings is 1. The molecule has 0 aliphatic carbocycles. The van der Waals surface area contributed by atoms with Crippen molar-refractivity contribution in [1.82, 2.24) is 24.8 Å². The number of nitrogens with one attached hydrogen (secondary N) is 1. The van der Waals surface area contributed by atoms with Crippen LogP contribution >= 0.6 is 11.8 Å². The normalized spacial score (nSPS) is 19.8. The molecule has 1 atom stereocenters. The average molecular weight is 482 g/mol. The maximum atomic E-state index is 13.3. The summed E-state index contributed by atoms with van der Waals surface area (Å²) in [4.78, 5) is 16.7. The zero-order valence-corrected chi connectivity index (χ0v) is 20.4. The molecule has 34 heavy (non-hydrogen) atoms. The number of imidazole rings is 1. The lowest BCUT2D eigenvalue weighted by Gasteiger charge is -2.32. The number of pyridine rings is 1. The van der Waals surface area contributed by atoms with Gasteiger partial charge in [-0.1, -0.05) is 12.1 Å². The lowest BCUT2D eigenvalue weighted by molar-refractivity contribution is 0.143. The summed E-state index contributed by atoms with van der Waals surface area (Å²) in [5.74, 6) is 1.22. The second-order valence-electron chi connectivity index (χ2n) is 9.25. The summed E-state index contributed by atoms with van der Waals surface area (Å²) in [6.45, 7) is 5.28. The molecule has 2 aromatic heterocycles. The van der Waals surface area contributed by atoms with Crippen LogP contribution < -0.4 is 4.74 Å². The monoisotopic (exact) mass is 481 g/mol. The predicted molar refractivity (Wildman–Crippen MR) is 132 cm³/mol. The van der Waals surface area contributed by atoms with Crippen molar-refractivity contribution in [2.75, 3.05) is 39.8 Å². The van der Waals surface area contributed by atoms with Crippen LogP contribution in [0.4, 0.5) is 4.39 Å². The average Bonchev–Trinajstić information content (AvgIpc) is 3.36. The van der Waals surface area contributed by atoms with E-state index in [-0.39, 0.29) is 5.92 Å². The topological polar surface area (TPSA) is 57.3 Å². The molecule has 0 saturated carbocycles. The van der Waals surface area contributed by atoms with Crippen molar-refractivity contribution >= 4 is 11.8 Å². The molecule has 1 unspecified atom stereocenters. The number of hydrogen-bond donors (Lipinski definition) is 1. The minimum atomic E-state index is -0.612. The Kier molecular flexibility index (Phi) is 7.47. The van der Waals surface area contributed by atoms with E-state index in [1.54, 1.807) is 6.20 Å². The number of aromatic amines is 1. The van der Waals surface area contributed by atoms with E-state index in [0.29, 0.717) is 19.4 Å². The van der Waals surface area contributed by atoms with Gasteiger partial charge in [0.25, 0.3) is 0 Å². The van der Waals surface area contributed by atoms with Crippen LogP contribution in [0.25, 0.3) is 0 Å². The number of likely N-dealkylation sites (tertiary alicyclic amines) is 1. The lowest BCUT2D eigenvalue weighted by atomic mass is 9.85. The van der Waals surface area contributed by atoms with E-state index in [1.165, 1.54) is 28.5 Å². The van der Waals surface area contributed by atoms with Gasteiger partial charge in [0.05, 0.1) is 6.61 Å². The van der Waals surface area contributed by atoms with Gasteiger partial charge in [0, 0.05) is 57.2 Å². The third-order valence-electron chi connectivity index (χ3n) is 6.66. The summed E-state index contributed by atoms with van der Waals surface area (Å²) < 4.78 is 19.4. The van der Waals surface area contributed by atoms with Crippen LogP contribution in [0.3, 0.4) is 0 Å². The Hall–Kier alpha value is -2.42. The summed E-state index contributed by atoms with van der Waals surface area (Å²) in [5, 5.41) is 1.78. The van der Waals surface area contributed by atoms with Gasteiger partial charge in [0.1, 0.15) is 16.9 Å². The number of alkyl halides is 1. The van der Waals surface area contributed by atoms with Crippen LogP contribution in [0, 0.1) is 0 Å². The molecule has 1 N–H and O–H groups in total. The Bertz CT molecular complexity index is 1050. The summed E-state index contributed by atoms with van der Waals surface area (Å²) >= 11 is 1.53. The van der Waals surface area contributed by atoms with Crippen LogP contribution in [0.2, 0.25) is 0 Å². The van der Waals surface area contributed by atoms with Gasteiger partial charge >= 0.3 is 0 Å². The Labute approximate surface area is 204 Å². The van der Waals surface area contributed by atoms with Gasteiger partial charge in [-0.25, -0.2) is 14.4 Å². The number of fused-ring (bicyclic) bond motifs is 1. The minimum Gasteiger partial charge on any atom is -0.494 e. The highest BCUT2D eigenvalue weighted by atomic mass is 32.2. The number of ether oxygens (including phenoxy) is 1. The molecular formula is C26H32FN5OS. The quantitative estimate of drug-likeness (QED) is 0.469. The minimum absolute atomic E-state index is 0.288. The number of piperidine rings is 1. The maximum Gasteiger partial charge on any atom is 0.171 e. The van der Waals surface area contributed by atoms with Gasteiger partial charge in [0.15, 0.2) is 5.16 Å². The van der Waals surface area contributed by atoms with Crippen molar-refractivity contribution in [2.24, 2.45) is 0 Å². The molecule has 4 heterocycles. The zero-order valence-electron chi connectivity index (χ0n) is 19.6. The predicted octanol–water partition coefficient (Wildman–Crippen LogP) is 4.74. The second-order valence-corrected chi connectivity index (χ2v) is 10.3. The largest absolute Gasteiger partial charge is 0.494 e. The molecule has 0 amide bonds. The molecule has 1 aromatic carbocycles. The number of rotatable bonds is 8.